The van der Waals surface area contributed by atoms with Gasteiger partial charge in [-0.1, -0.05) is 192 Å². The molecule has 0 spiro atoms. The van der Waals surface area contributed by atoms with Crippen LogP contribution in [-0.2, 0) is 10.8 Å². The Hall–Kier alpha value is -6.12. The van der Waals surface area contributed by atoms with Gasteiger partial charge in [0, 0.05) is 22.7 Å². The van der Waals surface area contributed by atoms with Crippen molar-refractivity contribution < 1.29 is 0 Å². The summed E-state index contributed by atoms with van der Waals surface area (Å²) in [4.78, 5) is 5.14. The molecular formula is C58H60N2. The molecule has 0 saturated heterocycles. The third-order valence-corrected chi connectivity index (χ3v) is 12.1. The normalized spacial score (nSPS) is 16.6. The first-order valence-electron chi connectivity index (χ1n) is 21.7. The molecule has 2 aliphatic rings. The first-order chi connectivity index (χ1) is 28.8. The average molecular weight is 785 g/mol. The molecule has 0 bridgehead atoms. The summed E-state index contributed by atoms with van der Waals surface area (Å²) in [5.74, 6) is 0. The van der Waals surface area contributed by atoms with Crippen LogP contribution in [0.2, 0.25) is 0 Å². The van der Waals surface area contributed by atoms with Gasteiger partial charge in [-0.25, -0.2) is 0 Å². The van der Waals surface area contributed by atoms with Gasteiger partial charge >= 0.3 is 0 Å². The van der Waals surface area contributed by atoms with Gasteiger partial charge < -0.3 is 9.80 Å². The number of rotatable bonds is 9. The summed E-state index contributed by atoms with van der Waals surface area (Å²) < 4.78 is 0. The lowest BCUT2D eigenvalue weighted by molar-refractivity contribution is 0.590. The molecule has 0 N–H and O–H groups in total. The molecule has 0 radical (unpaired) electrons. The first-order valence-corrected chi connectivity index (χ1v) is 21.7. The molecule has 2 heteroatoms. The quantitative estimate of drug-likeness (QED) is 0.144. The third-order valence-electron chi connectivity index (χ3n) is 12.1. The predicted molar refractivity (Wildman–Crippen MR) is 260 cm³/mol. The molecule has 0 heterocycles. The molecule has 8 rings (SSSR count). The van der Waals surface area contributed by atoms with E-state index in [1.807, 2.05) is 0 Å². The predicted octanol–water partition coefficient (Wildman–Crippen LogP) is 15.7. The lowest BCUT2D eigenvalue weighted by Gasteiger charge is -2.37. The summed E-state index contributed by atoms with van der Waals surface area (Å²) >= 11 is 0. The van der Waals surface area contributed by atoms with Crippen LogP contribution in [0.1, 0.15) is 87.8 Å². The zero-order valence-corrected chi connectivity index (χ0v) is 36.8. The topological polar surface area (TPSA) is 6.48 Å². The fourth-order valence-electron chi connectivity index (χ4n) is 8.78. The van der Waals surface area contributed by atoms with Crippen molar-refractivity contribution >= 4 is 33.9 Å². The standard InChI is InChI=1S/C58H60N2/c1-41-35-42(2)37-47(36-41)48-38-55(59(53-31-23-49(24-32-53)57(3,4)5)51-27-19-45(20-28-51)43-15-11-9-12-16-43)40-56(39-48)60(54-33-25-50(26-34-54)58(6,7)8)52-29-21-46(22-30-52)44-17-13-10-14-18-44/h9-27,29,31-40,51-52H,28,30H2,1-8H3/t51-,52-/m0/s1. The first kappa shape index (κ1) is 40.7. The zero-order chi connectivity index (χ0) is 42.0. The maximum atomic E-state index is 2.57. The lowest BCUT2D eigenvalue weighted by Crippen LogP contribution is -2.32. The number of allylic oxidation sites excluding steroid dienone is 4. The van der Waals surface area contributed by atoms with Crippen LogP contribution in [0.3, 0.4) is 0 Å². The van der Waals surface area contributed by atoms with Gasteiger partial charge in [0.1, 0.15) is 0 Å². The van der Waals surface area contributed by atoms with Gasteiger partial charge in [-0.2, -0.15) is 0 Å². The largest absolute Gasteiger partial charge is 0.334 e. The number of anilines is 4. The number of hydrogen-bond donors (Lipinski definition) is 0. The minimum atomic E-state index is 0.0584. The van der Waals surface area contributed by atoms with Crippen LogP contribution in [0.4, 0.5) is 22.7 Å². The van der Waals surface area contributed by atoms with Crippen LogP contribution >= 0.6 is 0 Å². The maximum absolute atomic E-state index is 2.57. The highest BCUT2D eigenvalue weighted by atomic mass is 15.2. The van der Waals surface area contributed by atoms with E-state index < -0.39 is 0 Å². The second-order valence-corrected chi connectivity index (χ2v) is 18.8. The van der Waals surface area contributed by atoms with E-state index in [-0.39, 0.29) is 22.9 Å². The number of aryl methyl sites for hydroxylation is 2. The van der Waals surface area contributed by atoms with Gasteiger partial charge in [-0.3, -0.25) is 0 Å². The van der Waals surface area contributed by atoms with Gasteiger partial charge in [0.2, 0.25) is 0 Å². The fraction of sp³-hybridized carbons (Fsp3) is 0.241. The van der Waals surface area contributed by atoms with Crippen molar-refractivity contribution in [1.29, 1.82) is 0 Å². The molecule has 60 heavy (non-hydrogen) atoms. The number of nitrogens with zero attached hydrogens (tertiary/aromatic N) is 2. The van der Waals surface area contributed by atoms with Crippen molar-refractivity contribution in [3.8, 4) is 11.1 Å². The average Bonchev–Trinajstić information content (AvgIpc) is 3.24. The monoisotopic (exact) mass is 784 g/mol. The van der Waals surface area contributed by atoms with Gasteiger partial charge in [-0.15, -0.1) is 0 Å². The van der Waals surface area contributed by atoms with E-state index in [9.17, 15) is 0 Å². The minimum absolute atomic E-state index is 0.0584. The summed E-state index contributed by atoms with van der Waals surface area (Å²) in [6, 6.07) is 54.6. The second-order valence-electron chi connectivity index (χ2n) is 18.8. The second kappa shape index (κ2) is 16.9. The molecule has 6 aromatic rings. The maximum Gasteiger partial charge on any atom is 0.0560 e. The molecule has 2 nitrogen and oxygen atoms in total. The molecular weight excluding hydrogens is 725 g/mol. The van der Waals surface area contributed by atoms with E-state index in [4.69, 9.17) is 0 Å². The highest BCUT2D eigenvalue weighted by Gasteiger charge is 2.27. The number of benzene rings is 6. The molecule has 2 atom stereocenters. The van der Waals surface area contributed by atoms with Gasteiger partial charge in [-0.05, 0) is 125 Å². The Morgan fingerprint density at radius 2 is 0.783 bits per heavy atom. The Labute approximate surface area is 359 Å². The van der Waals surface area contributed by atoms with E-state index in [1.54, 1.807) is 0 Å². The molecule has 2 aliphatic carbocycles. The van der Waals surface area contributed by atoms with Crippen LogP contribution in [0, 0.1) is 13.8 Å². The highest BCUT2D eigenvalue weighted by Crippen LogP contribution is 2.43. The van der Waals surface area contributed by atoms with Crippen molar-refractivity contribution in [1.82, 2.24) is 0 Å². The molecule has 302 valence electrons. The van der Waals surface area contributed by atoms with Crippen molar-refractivity contribution in [3.63, 3.8) is 0 Å². The molecule has 0 unspecified atom stereocenters. The van der Waals surface area contributed by atoms with Crippen LogP contribution < -0.4 is 9.80 Å². The lowest BCUT2D eigenvalue weighted by atomic mass is 9.87. The summed E-state index contributed by atoms with van der Waals surface area (Å²) in [5, 5.41) is 0. The Kier molecular flexibility index (Phi) is 11.4. The van der Waals surface area contributed by atoms with Crippen molar-refractivity contribution in [2.45, 2.75) is 91.1 Å². The molecule has 0 aromatic heterocycles. The van der Waals surface area contributed by atoms with Crippen LogP contribution in [-0.4, -0.2) is 12.1 Å². The highest BCUT2D eigenvalue weighted by molar-refractivity contribution is 5.83. The third kappa shape index (κ3) is 9.04. The Bertz CT molecular complexity index is 2380. The molecule has 0 fully saturated rings. The van der Waals surface area contributed by atoms with Crippen LogP contribution in [0.15, 0.2) is 182 Å². The Morgan fingerprint density at radius 3 is 1.13 bits per heavy atom. The SMILES string of the molecule is Cc1cc(C)cc(-c2cc(N(c3ccc(C(C)(C)C)cc3)[C@H]3C=CC(c4ccccc4)=CC3)cc(N(c3ccc(C(C)(C)C)cc3)[C@H]3C=CC(c4ccccc4)=CC3)c2)c1. The van der Waals surface area contributed by atoms with Crippen LogP contribution in [0.5, 0.6) is 0 Å². The summed E-state index contributed by atoms with van der Waals surface area (Å²) in [6.07, 6.45) is 16.1. The van der Waals surface area contributed by atoms with E-state index in [0.29, 0.717) is 0 Å². The van der Waals surface area contributed by atoms with E-state index in [0.717, 1.165) is 12.8 Å². The van der Waals surface area contributed by atoms with Gasteiger partial charge in [0.15, 0.2) is 0 Å². The zero-order valence-electron chi connectivity index (χ0n) is 36.8. The van der Waals surface area contributed by atoms with Gasteiger partial charge in [0.05, 0.1) is 12.1 Å². The summed E-state index contributed by atoms with van der Waals surface area (Å²) in [5.41, 5.74) is 17.5. The number of hydrogen-bond acceptors (Lipinski definition) is 2. The molecule has 6 aromatic carbocycles. The summed E-state index contributed by atoms with van der Waals surface area (Å²) in [7, 11) is 0. The smallest absolute Gasteiger partial charge is 0.0560 e. The van der Waals surface area contributed by atoms with E-state index in [1.165, 1.54) is 78.4 Å². The summed E-state index contributed by atoms with van der Waals surface area (Å²) in [6.45, 7) is 18.2. The Morgan fingerprint density at radius 1 is 0.400 bits per heavy atom. The van der Waals surface area contributed by atoms with Gasteiger partial charge in [0.25, 0.3) is 0 Å². The molecule has 0 saturated carbocycles. The van der Waals surface area contributed by atoms with Crippen molar-refractivity contribution in [2.75, 3.05) is 9.80 Å². The van der Waals surface area contributed by atoms with E-state index >= 15 is 0 Å². The van der Waals surface area contributed by atoms with Crippen molar-refractivity contribution in [3.05, 3.63) is 215 Å². The molecule has 0 amide bonds. The minimum Gasteiger partial charge on any atom is -0.334 e. The molecule has 0 aliphatic heterocycles. The fourth-order valence-corrected chi connectivity index (χ4v) is 8.78. The van der Waals surface area contributed by atoms with E-state index in [2.05, 4.69) is 247 Å². The van der Waals surface area contributed by atoms with Crippen LogP contribution in [0.25, 0.3) is 22.3 Å². The van der Waals surface area contributed by atoms with Crippen molar-refractivity contribution in [2.24, 2.45) is 0 Å². The Balaban J connectivity index is 1.30.